The molecule has 0 aromatic heterocycles. The first kappa shape index (κ1) is 57.9. The lowest BCUT2D eigenvalue weighted by molar-refractivity contribution is -0.155. The van der Waals surface area contributed by atoms with Crippen molar-refractivity contribution in [2.24, 2.45) is 0 Å². The Hall–Kier alpha value is -2.14. The molecule has 0 amide bonds. The van der Waals surface area contributed by atoms with E-state index >= 15 is 0 Å². The zero-order chi connectivity index (χ0) is 43.5. The van der Waals surface area contributed by atoms with Crippen LogP contribution in [0.4, 0.5) is 0 Å². The Bertz CT molecular complexity index is 997. The topological polar surface area (TPSA) is 61.8 Å². The Morgan fingerprint density at radius 3 is 1.05 bits per heavy atom. The van der Waals surface area contributed by atoms with Gasteiger partial charge in [0.05, 0.1) is 0 Å². The standard InChI is InChI=1S/C55H100O5/c1-4-7-10-13-16-19-22-24-26-28-29-31-34-37-40-43-46-49-55(57)60-52-53(51-59-54(56)48-45-42-39-36-33-21-18-15-12-9-6-3)58-50-47-44-41-38-35-32-30-27-25-23-20-17-14-11-8-5-2/h16,19,24,26,29,31,37,40,53H,4-15,17-18,20-23,25,27-28,30,32-36,38-39,41-52H2,1-3H3/b19-16-,26-24-,31-29-,40-37-/t53-/m0/s1. The fourth-order valence-corrected chi connectivity index (χ4v) is 7.42. The first-order valence-corrected chi connectivity index (χ1v) is 26.2. The van der Waals surface area contributed by atoms with E-state index in [2.05, 4.69) is 69.4 Å². The van der Waals surface area contributed by atoms with Gasteiger partial charge in [-0.25, -0.2) is 0 Å². The molecule has 0 saturated heterocycles. The van der Waals surface area contributed by atoms with Crippen LogP contribution < -0.4 is 0 Å². The van der Waals surface area contributed by atoms with Crippen LogP contribution in [0, 0.1) is 0 Å². The fraction of sp³-hybridized carbons (Fsp3) is 0.818. The number of hydrogen-bond acceptors (Lipinski definition) is 5. The lowest BCUT2D eigenvalue weighted by Crippen LogP contribution is -2.29. The number of esters is 2. The molecule has 0 heterocycles. The van der Waals surface area contributed by atoms with E-state index in [1.54, 1.807) is 0 Å². The summed E-state index contributed by atoms with van der Waals surface area (Å²) in [5.74, 6) is -0.388. The van der Waals surface area contributed by atoms with Crippen molar-refractivity contribution < 1.29 is 23.8 Å². The Kier molecular flexibility index (Phi) is 49.4. The van der Waals surface area contributed by atoms with Gasteiger partial charge in [-0.15, -0.1) is 0 Å². The lowest BCUT2D eigenvalue weighted by atomic mass is 10.0. The number of unbranched alkanes of at least 4 members (excludes halogenated alkanes) is 29. The molecule has 350 valence electrons. The van der Waals surface area contributed by atoms with Crippen LogP contribution in [0.25, 0.3) is 0 Å². The lowest BCUT2D eigenvalue weighted by Gasteiger charge is -2.18. The summed E-state index contributed by atoms with van der Waals surface area (Å²) < 4.78 is 17.4. The smallest absolute Gasteiger partial charge is 0.305 e. The third-order valence-corrected chi connectivity index (χ3v) is 11.4. The van der Waals surface area contributed by atoms with Crippen molar-refractivity contribution in [2.45, 2.75) is 271 Å². The highest BCUT2D eigenvalue weighted by atomic mass is 16.6. The average molecular weight is 841 g/mol. The largest absolute Gasteiger partial charge is 0.463 e. The van der Waals surface area contributed by atoms with Crippen molar-refractivity contribution in [3.8, 4) is 0 Å². The maximum Gasteiger partial charge on any atom is 0.305 e. The molecule has 0 bridgehead atoms. The predicted octanol–water partition coefficient (Wildman–Crippen LogP) is 17.6. The minimum Gasteiger partial charge on any atom is -0.463 e. The zero-order valence-corrected chi connectivity index (χ0v) is 40.2. The van der Waals surface area contributed by atoms with Crippen molar-refractivity contribution in [1.29, 1.82) is 0 Å². The van der Waals surface area contributed by atoms with Crippen LogP contribution in [0.5, 0.6) is 0 Å². The first-order valence-electron chi connectivity index (χ1n) is 26.2. The van der Waals surface area contributed by atoms with E-state index in [0.29, 0.717) is 19.4 Å². The zero-order valence-electron chi connectivity index (χ0n) is 40.2. The molecular formula is C55H100O5. The number of hydrogen-bond donors (Lipinski definition) is 0. The van der Waals surface area contributed by atoms with E-state index in [4.69, 9.17) is 14.2 Å². The van der Waals surface area contributed by atoms with E-state index in [-0.39, 0.29) is 25.2 Å². The molecule has 0 aliphatic heterocycles. The van der Waals surface area contributed by atoms with Crippen LogP contribution in [-0.2, 0) is 23.8 Å². The molecule has 60 heavy (non-hydrogen) atoms. The van der Waals surface area contributed by atoms with Crippen LogP contribution >= 0.6 is 0 Å². The third-order valence-electron chi connectivity index (χ3n) is 11.4. The van der Waals surface area contributed by atoms with E-state index in [1.165, 1.54) is 173 Å². The van der Waals surface area contributed by atoms with Gasteiger partial charge in [-0.2, -0.15) is 0 Å². The summed E-state index contributed by atoms with van der Waals surface area (Å²) >= 11 is 0. The molecule has 0 aromatic carbocycles. The van der Waals surface area contributed by atoms with Crippen LogP contribution in [0.1, 0.15) is 265 Å². The molecule has 0 rings (SSSR count). The minimum atomic E-state index is -0.417. The van der Waals surface area contributed by atoms with Crippen molar-refractivity contribution in [2.75, 3.05) is 19.8 Å². The Labute approximate surface area is 373 Å². The van der Waals surface area contributed by atoms with Crippen molar-refractivity contribution in [3.05, 3.63) is 48.6 Å². The quantitative estimate of drug-likeness (QED) is 0.0347. The summed E-state index contributed by atoms with van der Waals surface area (Å²) in [6.07, 6.45) is 62.9. The van der Waals surface area contributed by atoms with E-state index < -0.39 is 6.10 Å². The van der Waals surface area contributed by atoms with Crippen LogP contribution in [0.2, 0.25) is 0 Å². The van der Waals surface area contributed by atoms with Crippen LogP contribution in [0.15, 0.2) is 48.6 Å². The molecule has 0 unspecified atom stereocenters. The van der Waals surface area contributed by atoms with Gasteiger partial charge in [0, 0.05) is 19.4 Å². The number of allylic oxidation sites excluding steroid dienone is 8. The van der Waals surface area contributed by atoms with Gasteiger partial charge in [-0.1, -0.05) is 243 Å². The molecule has 0 radical (unpaired) electrons. The molecule has 0 aliphatic rings. The van der Waals surface area contributed by atoms with Gasteiger partial charge in [0.1, 0.15) is 19.3 Å². The third kappa shape index (κ3) is 48.5. The number of carbonyl (C=O) groups is 2. The fourth-order valence-electron chi connectivity index (χ4n) is 7.42. The second-order valence-corrected chi connectivity index (χ2v) is 17.4. The predicted molar refractivity (Wildman–Crippen MR) is 261 cm³/mol. The summed E-state index contributed by atoms with van der Waals surface area (Å²) in [6.45, 7) is 7.67. The Morgan fingerprint density at radius 2 is 0.650 bits per heavy atom. The molecule has 0 saturated carbocycles. The highest BCUT2D eigenvalue weighted by Crippen LogP contribution is 2.15. The summed E-state index contributed by atoms with van der Waals surface area (Å²) in [5, 5.41) is 0. The molecule has 0 aliphatic carbocycles. The molecule has 0 fully saturated rings. The second-order valence-electron chi connectivity index (χ2n) is 17.4. The molecule has 5 nitrogen and oxygen atoms in total. The molecule has 1 atom stereocenters. The van der Waals surface area contributed by atoms with Gasteiger partial charge in [0.15, 0.2) is 0 Å². The summed E-state index contributed by atoms with van der Waals surface area (Å²) in [5.41, 5.74) is 0. The first-order chi connectivity index (χ1) is 29.6. The highest BCUT2D eigenvalue weighted by molar-refractivity contribution is 5.69. The Balaban J connectivity index is 4.30. The summed E-state index contributed by atoms with van der Waals surface area (Å²) in [4.78, 5) is 25.1. The molecule has 0 spiro atoms. The maximum atomic E-state index is 12.6. The molecule has 5 heteroatoms. The number of rotatable bonds is 48. The maximum absolute atomic E-state index is 12.6. The van der Waals surface area contributed by atoms with E-state index in [9.17, 15) is 9.59 Å². The average Bonchev–Trinajstić information content (AvgIpc) is 3.25. The SMILES string of the molecule is CCCCC/C=C\C/C=C\C/C=C\C/C=C\CCCC(=O)OC[C@H](COC(=O)CCCCCCCCCCCCC)OCCCCCCCCCCCCCCCCCC. The van der Waals surface area contributed by atoms with E-state index in [1.807, 2.05) is 0 Å². The molecular weight excluding hydrogens is 741 g/mol. The van der Waals surface area contributed by atoms with Gasteiger partial charge >= 0.3 is 11.9 Å². The second kappa shape index (κ2) is 51.2. The Morgan fingerprint density at radius 1 is 0.350 bits per heavy atom. The van der Waals surface area contributed by atoms with Gasteiger partial charge in [0.2, 0.25) is 0 Å². The van der Waals surface area contributed by atoms with Crippen LogP contribution in [-0.4, -0.2) is 37.9 Å². The van der Waals surface area contributed by atoms with E-state index in [0.717, 1.165) is 57.8 Å². The molecule has 0 N–H and O–H groups in total. The van der Waals surface area contributed by atoms with Crippen molar-refractivity contribution in [3.63, 3.8) is 0 Å². The van der Waals surface area contributed by atoms with Gasteiger partial charge in [0.25, 0.3) is 0 Å². The van der Waals surface area contributed by atoms with Gasteiger partial charge in [-0.05, 0) is 57.8 Å². The minimum absolute atomic E-state index is 0.133. The van der Waals surface area contributed by atoms with Gasteiger partial charge in [-0.3, -0.25) is 9.59 Å². The summed E-state index contributed by atoms with van der Waals surface area (Å²) in [6, 6.07) is 0. The van der Waals surface area contributed by atoms with Crippen LogP contribution in [0.3, 0.4) is 0 Å². The normalized spacial score (nSPS) is 12.5. The number of carbonyl (C=O) groups excluding carboxylic acids is 2. The van der Waals surface area contributed by atoms with Crippen molar-refractivity contribution in [1.82, 2.24) is 0 Å². The van der Waals surface area contributed by atoms with Crippen molar-refractivity contribution >= 4 is 11.9 Å². The number of ether oxygens (including phenoxy) is 3. The monoisotopic (exact) mass is 841 g/mol. The summed E-state index contributed by atoms with van der Waals surface area (Å²) in [7, 11) is 0. The van der Waals surface area contributed by atoms with Gasteiger partial charge < -0.3 is 14.2 Å². The molecule has 0 aromatic rings. The highest BCUT2D eigenvalue weighted by Gasteiger charge is 2.16.